The zero-order valence-corrected chi connectivity index (χ0v) is 18.3. The van der Waals surface area contributed by atoms with Crippen LogP contribution in [0.25, 0.3) is 0 Å². The van der Waals surface area contributed by atoms with Crippen LogP contribution in [0.5, 0.6) is 0 Å². The number of carbonyl (C=O) groups is 1. The fourth-order valence-electron chi connectivity index (χ4n) is 5.45. The number of hydrogen-bond acceptors (Lipinski definition) is 5. The van der Waals surface area contributed by atoms with Gasteiger partial charge in [0.05, 0.1) is 6.54 Å². The molecule has 2 aliphatic heterocycles. The first kappa shape index (κ1) is 20.2. The summed E-state index contributed by atoms with van der Waals surface area (Å²) in [7, 11) is 0. The van der Waals surface area contributed by atoms with Crippen molar-refractivity contribution in [1.29, 1.82) is 0 Å². The summed E-state index contributed by atoms with van der Waals surface area (Å²) in [4.78, 5) is 20.0. The highest BCUT2D eigenvalue weighted by atomic mass is 32.1. The lowest BCUT2D eigenvalue weighted by atomic mass is 9.74. The molecule has 1 aromatic carbocycles. The molecule has 1 amide bonds. The third kappa shape index (κ3) is 4.05. The highest BCUT2D eigenvalue weighted by Gasteiger charge is 2.58. The quantitative estimate of drug-likeness (QED) is 0.768. The summed E-state index contributed by atoms with van der Waals surface area (Å²) in [5.74, 6) is 0.470. The standard InChI is InChI=1S/C24H31N3O2S/c28-22(26-18-24(8-13-29-14-9-24)19-4-2-1-3-5-19)20-16-23(20)6-11-27(12-7-23)17-21-25-10-15-30-21/h1-5,10,15,20H,6-9,11-14,16-18H2,(H,26,28)/t20-/m0/s1. The van der Waals surface area contributed by atoms with Crippen molar-refractivity contribution in [3.05, 3.63) is 52.5 Å². The monoisotopic (exact) mass is 425 g/mol. The topological polar surface area (TPSA) is 54.5 Å². The van der Waals surface area contributed by atoms with E-state index in [2.05, 4.69) is 45.5 Å². The number of hydrogen-bond donors (Lipinski definition) is 1. The number of benzene rings is 1. The van der Waals surface area contributed by atoms with Gasteiger partial charge in [0.2, 0.25) is 5.91 Å². The average molecular weight is 426 g/mol. The van der Waals surface area contributed by atoms with Crippen molar-refractivity contribution < 1.29 is 9.53 Å². The predicted octanol–water partition coefficient (Wildman–Crippen LogP) is 3.61. The van der Waals surface area contributed by atoms with E-state index in [1.807, 2.05) is 11.6 Å². The molecule has 0 unspecified atom stereocenters. The second kappa shape index (κ2) is 8.40. The number of aromatic nitrogens is 1. The lowest BCUT2D eigenvalue weighted by molar-refractivity contribution is -0.124. The van der Waals surface area contributed by atoms with Gasteiger partial charge in [0.1, 0.15) is 5.01 Å². The van der Waals surface area contributed by atoms with Gasteiger partial charge >= 0.3 is 0 Å². The normalized spacial score (nSPS) is 25.1. The lowest BCUT2D eigenvalue weighted by Crippen LogP contribution is -2.45. The van der Waals surface area contributed by atoms with Crippen LogP contribution in [-0.2, 0) is 21.5 Å². The number of piperidine rings is 1. The molecule has 160 valence electrons. The van der Waals surface area contributed by atoms with Crippen LogP contribution in [-0.4, -0.2) is 48.6 Å². The smallest absolute Gasteiger partial charge is 0.223 e. The van der Waals surface area contributed by atoms with Crippen LogP contribution in [0.1, 0.15) is 42.7 Å². The summed E-state index contributed by atoms with van der Waals surface area (Å²) in [5, 5.41) is 6.59. The van der Waals surface area contributed by atoms with E-state index >= 15 is 0 Å². The maximum Gasteiger partial charge on any atom is 0.223 e. The zero-order chi connectivity index (χ0) is 20.4. The Labute approximate surface area is 182 Å². The Kier molecular flexibility index (Phi) is 5.65. The second-order valence-electron chi connectivity index (χ2n) is 9.30. The van der Waals surface area contributed by atoms with Crippen LogP contribution < -0.4 is 5.32 Å². The van der Waals surface area contributed by atoms with Gasteiger partial charge in [-0.05, 0) is 56.2 Å². The van der Waals surface area contributed by atoms with Crippen molar-refractivity contribution in [2.24, 2.45) is 11.3 Å². The lowest BCUT2D eigenvalue weighted by Gasteiger charge is -2.38. The molecular weight excluding hydrogens is 394 g/mol. The Hall–Kier alpha value is -1.76. The first-order valence-corrected chi connectivity index (χ1v) is 12.1. The fourth-order valence-corrected chi connectivity index (χ4v) is 6.11. The van der Waals surface area contributed by atoms with E-state index in [0.717, 1.165) is 71.5 Å². The van der Waals surface area contributed by atoms with Gasteiger partial charge in [-0.25, -0.2) is 4.98 Å². The second-order valence-corrected chi connectivity index (χ2v) is 10.3. The molecule has 3 heterocycles. The molecule has 1 aromatic heterocycles. The molecule has 3 aliphatic rings. The Balaban J connectivity index is 1.16. The number of rotatable bonds is 6. The number of nitrogens with zero attached hydrogens (tertiary/aromatic N) is 2. The summed E-state index contributed by atoms with van der Waals surface area (Å²) in [6.45, 7) is 5.37. The molecule has 5 nitrogen and oxygen atoms in total. The predicted molar refractivity (Wildman–Crippen MR) is 118 cm³/mol. The molecular formula is C24H31N3O2S. The van der Waals surface area contributed by atoms with Gasteiger partial charge in [0.15, 0.2) is 0 Å². The first-order valence-electron chi connectivity index (χ1n) is 11.2. The van der Waals surface area contributed by atoms with Crippen molar-refractivity contribution >= 4 is 17.2 Å². The van der Waals surface area contributed by atoms with E-state index in [0.29, 0.717) is 0 Å². The van der Waals surface area contributed by atoms with Crippen molar-refractivity contribution in [3.63, 3.8) is 0 Å². The third-order valence-corrected chi connectivity index (χ3v) is 8.40. The molecule has 30 heavy (non-hydrogen) atoms. The number of thiazole rings is 1. The van der Waals surface area contributed by atoms with Crippen molar-refractivity contribution in [2.75, 3.05) is 32.8 Å². The minimum absolute atomic E-state index is 0.00823. The van der Waals surface area contributed by atoms with Crippen LogP contribution >= 0.6 is 11.3 Å². The number of carbonyl (C=O) groups excluding carboxylic acids is 1. The van der Waals surface area contributed by atoms with Gasteiger partial charge in [-0.2, -0.15) is 0 Å². The summed E-state index contributed by atoms with van der Waals surface area (Å²) in [6, 6.07) is 10.7. The van der Waals surface area contributed by atoms with Gasteiger partial charge < -0.3 is 10.1 Å². The van der Waals surface area contributed by atoms with Crippen LogP contribution in [0.3, 0.4) is 0 Å². The number of ether oxygens (including phenoxy) is 1. The third-order valence-electron chi connectivity index (χ3n) is 7.64. The Morgan fingerprint density at radius 3 is 2.63 bits per heavy atom. The summed E-state index contributed by atoms with van der Waals surface area (Å²) >= 11 is 1.73. The largest absolute Gasteiger partial charge is 0.381 e. The van der Waals surface area contributed by atoms with E-state index < -0.39 is 0 Å². The molecule has 2 aromatic rings. The van der Waals surface area contributed by atoms with Crippen LogP contribution in [0, 0.1) is 11.3 Å². The van der Waals surface area contributed by atoms with E-state index in [9.17, 15) is 4.79 Å². The van der Waals surface area contributed by atoms with Crippen molar-refractivity contribution in [2.45, 2.75) is 44.1 Å². The number of likely N-dealkylation sites (tertiary alicyclic amines) is 1. The summed E-state index contributed by atoms with van der Waals surface area (Å²) in [5.41, 5.74) is 1.59. The summed E-state index contributed by atoms with van der Waals surface area (Å²) < 4.78 is 5.63. The van der Waals surface area contributed by atoms with E-state index in [1.54, 1.807) is 11.3 Å². The maximum absolute atomic E-state index is 13.1. The molecule has 1 N–H and O–H groups in total. The maximum atomic E-state index is 13.1. The Morgan fingerprint density at radius 2 is 1.93 bits per heavy atom. The molecule has 6 heteroatoms. The van der Waals surface area contributed by atoms with Crippen LogP contribution in [0.4, 0.5) is 0 Å². The van der Waals surface area contributed by atoms with Gasteiger partial charge in [0, 0.05) is 42.7 Å². The van der Waals surface area contributed by atoms with Gasteiger partial charge in [-0.15, -0.1) is 11.3 Å². The van der Waals surface area contributed by atoms with Crippen LogP contribution in [0.15, 0.2) is 41.9 Å². The summed E-state index contributed by atoms with van der Waals surface area (Å²) in [6.07, 6.45) is 7.15. The molecule has 0 bridgehead atoms. The zero-order valence-electron chi connectivity index (χ0n) is 17.5. The minimum Gasteiger partial charge on any atom is -0.381 e. The van der Waals surface area contributed by atoms with Gasteiger partial charge in [-0.3, -0.25) is 9.69 Å². The number of amides is 1. The van der Waals surface area contributed by atoms with E-state index in [-0.39, 0.29) is 22.7 Å². The highest BCUT2D eigenvalue weighted by Crippen LogP contribution is 2.59. The van der Waals surface area contributed by atoms with Crippen molar-refractivity contribution in [3.8, 4) is 0 Å². The Bertz CT molecular complexity index is 841. The number of nitrogens with one attached hydrogen (secondary N) is 1. The molecule has 2 saturated heterocycles. The molecule has 1 aliphatic carbocycles. The highest BCUT2D eigenvalue weighted by molar-refractivity contribution is 7.09. The molecule has 1 saturated carbocycles. The minimum atomic E-state index is 0.00823. The Morgan fingerprint density at radius 1 is 1.17 bits per heavy atom. The van der Waals surface area contributed by atoms with E-state index in [4.69, 9.17) is 4.74 Å². The van der Waals surface area contributed by atoms with Gasteiger partial charge in [0.25, 0.3) is 0 Å². The molecule has 3 fully saturated rings. The molecule has 0 radical (unpaired) electrons. The SMILES string of the molecule is O=C(NCC1(c2ccccc2)CCOCC1)[C@@H]1CC12CCN(Cc1nccs1)CC2. The van der Waals surface area contributed by atoms with Crippen LogP contribution in [0.2, 0.25) is 0 Å². The van der Waals surface area contributed by atoms with Crippen molar-refractivity contribution in [1.82, 2.24) is 15.2 Å². The fraction of sp³-hybridized carbons (Fsp3) is 0.583. The molecule has 5 rings (SSSR count). The van der Waals surface area contributed by atoms with E-state index in [1.165, 1.54) is 10.6 Å². The van der Waals surface area contributed by atoms with Gasteiger partial charge in [-0.1, -0.05) is 30.3 Å². The molecule has 1 spiro atoms. The first-order chi connectivity index (χ1) is 14.7. The molecule has 1 atom stereocenters. The average Bonchev–Trinajstić information content (AvgIpc) is 3.24.